The minimum Gasteiger partial charge on any atom is -0.545 e. The second-order valence-corrected chi connectivity index (χ2v) is 11.5. The van der Waals surface area contributed by atoms with Crippen molar-refractivity contribution in [3.05, 3.63) is 86.7 Å². The molecular formula is C29H28IN6O5S-. The number of hydrogen-bond acceptors (Lipinski definition) is 10. The normalized spacial score (nSPS) is 11.7. The van der Waals surface area contributed by atoms with Crippen molar-refractivity contribution in [2.45, 2.75) is 30.8 Å². The van der Waals surface area contributed by atoms with Gasteiger partial charge >= 0.3 is 0 Å². The average molecular weight is 700 g/mol. The van der Waals surface area contributed by atoms with Crippen molar-refractivity contribution in [1.82, 2.24) is 20.2 Å². The van der Waals surface area contributed by atoms with E-state index in [1.807, 2.05) is 54.0 Å². The minimum atomic E-state index is -1.47. The molecule has 0 saturated carbocycles. The molecular weight excluding hydrogens is 671 g/mol. The Morgan fingerprint density at radius 1 is 1.12 bits per heavy atom. The van der Waals surface area contributed by atoms with Crippen molar-refractivity contribution >= 4 is 58.1 Å². The first-order valence-electron chi connectivity index (χ1n) is 12.7. The molecule has 0 saturated heterocycles. The van der Waals surface area contributed by atoms with Crippen LogP contribution < -0.4 is 25.3 Å². The monoisotopic (exact) mass is 699 g/mol. The number of aromatic carboxylic acids is 1. The van der Waals surface area contributed by atoms with Gasteiger partial charge in [0, 0.05) is 20.5 Å². The molecule has 42 heavy (non-hydrogen) atoms. The summed E-state index contributed by atoms with van der Waals surface area (Å²) in [6.45, 7) is 4.18. The van der Waals surface area contributed by atoms with E-state index in [0.29, 0.717) is 17.5 Å². The molecule has 1 heterocycles. The number of carbonyl (C=O) groups excluding carboxylic acids is 2. The number of benzene rings is 3. The molecule has 0 radical (unpaired) electrons. The summed E-state index contributed by atoms with van der Waals surface area (Å²) in [7, 11) is 2.72. The lowest BCUT2D eigenvalue weighted by Gasteiger charge is -2.15. The molecule has 0 fully saturated rings. The standard InChI is InChI=1S/C29H29IN6O5S/c1-17-14-20(30)11-12-22(17)31-16-24-33-35-29(36(24)21-8-6-5-7-9-21)42-18(2)27(37)34-32-15-19-10-13-23(40-3)26(41-4)25(19)28(38)39/h5-15,18,31H,16H2,1-4H3,(H,34,37)(H,38,39)/p-1/b32-15-/t18-/m0/s1. The molecule has 0 aliphatic rings. The number of aryl methyl sites for hydroxylation is 1. The smallest absolute Gasteiger partial charge is 0.253 e. The van der Waals surface area contributed by atoms with Crippen LogP contribution >= 0.6 is 34.4 Å². The van der Waals surface area contributed by atoms with Crippen molar-refractivity contribution in [3.8, 4) is 17.2 Å². The van der Waals surface area contributed by atoms with Gasteiger partial charge in [-0.2, -0.15) is 5.10 Å². The van der Waals surface area contributed by atoms with Crippen molar-refractivity contribution in [1.29, 1.82) is 0 Å². The predicted octanol–water partition coefficient (Wildman–Crippen LogP) is 3.80. The summed E-state index contributed by atoms with van der Waals surface area (Å²) in [5, 5.41) is 27.9. The number of thioether (sulfide) groups is 1. The molecule has 1 atom stereocenters. The van der Waals surface area contributed by atoms with E-state index >= 15 is 0 Å². The number of nitrogens with one attached hydrogen (secondary N) is 2. The summed E-state index contributed by atoms with van der Waals surface area (Å²) < 4.78 is 13.4. The van der Waals surface area contributed by atoms with Crippen molar-refractivity contribution in [3.63, 3.8) is 0 Å². The van der Waals surface area contributed by atoms with Gasteiger partial charge in [-0.1, -0.05) is 30.0 Å². The highest BCUT2D eigenvalue weighted by atomic mass is 127. The molecule has 11 nitrogen and oxygen atoms in total. The first kappa shape index (κ1) is 30.8. The minimum absolute atomic E-state index is 0.000535. The summed E-state index contributed by atoms with van der Waals surface area (Å²) in [5.74, 6) is -0.975. The van der Waals surface area contributed by atoms with E-state index in [4.69, 9.17) is 9.47 Å². The molecule has 4 aromatic rings. The number of hydrazone groups is 1. The third kappa shape index (κ3) is 7.20. The van der Waals surface area contributed by atoms with Crippen LogP contribution in [-0.2, 0) is 11.3 Å². The first-order valence-corrected chi connectivity index (χ1v) is 14.6. The van der Waals surface area contributed by atoms with Crippen LogP contribution in [0.15, 0.2) is 70.9 Å². The van der Waals surface area contributed by atoms with E-state index in [-0.39, 0.29) is 22.6 Å². The zero-order valence-corrected chi connectivity index (χ0v) is 26.2. The Labute approximate surface area is 260 Å². The molecule has 0 bridgehead atoms. The Hall–Kier alpha value is -4.11. The third-order valence-electron chi connectivity index (χ3n) is 6.15. The van der Waals surface area contributed by atoms with Gasteiger partial charge < -0.3 is 24.7 Å². The molecule has 3 aromatic carbocycles. The first-order chi connectivity index (χ1) is 20.2. The highest BCUT2D eigenvalue weighted by Crippen LogP contribution is 2.32. The van der Waals surface area contributed by atoms with Crippen LogP contribution in [0.1, 0.15) is 34.2 Å². The van der Waals surface area contributed by atoms with Gasteiger partial charge in [0.05, 0.1) is 43.8 Å². The van der Waals surface area contributed by atoms with Gasteiger partial charge in [0.15, 0.2) is 22.5 Å². The van der Waals surface area contributed by atoms with E-state index < -0.39 is 17.1 Å². The summed E-state index contributed by atoms with van der Waals surface area (Å²) in [6, 6.07) is 18.8. The molecule has 2 N–H and O–H groups in total. The van der Waals surface area contributed by atoms with E-state index in [0.717, 1.165) is 20.5 Å². The molecule has 218 valence electrons. The van der Waals surface area contributed by atoms with Gasteiger partial charge in [-0.25, -0.2) is 5.43 Å². The Kier molecular flexibility index (Phi) is 10.4. The topological polar surface area (TPSA) is 143 Å². The van der Waals surface area contributed by atoms with Gasteiger partial charge in [0.1, 0.15) is 0 Å². The lowest BCUT2D eigenvalue weighted by atomic mass is 10.1. The number of methoxy groups -OCH3 is 2. The number of aromatic nitrogens is 3. The number of anilines is 1. The van der Waals surface area contributed by atoms with Gasteiger partial charge in [-0.3, -0.25) is 9.36 Å². The molecule has 1 aromatic heterocycles. The number of carboxylic acid groups (broad SMARTS) is 1. The summed E-state index contributed by atoms with van der Waals surface area (Å²) in [6.07, 6.45) is 1.21. The maximum absolute atomic E-state index is 12.9. The fourth-order valence-electron chi connectivity index (χ4n) is 4.06. The summed E-state index contributed by atoms with van der Waals surface area (Å²) in [5.41, 5.74) is 5.37. The molecule has 0 spiro atoms. The SMILES string of the molecule is COc1ccc(/C=N\NC(=O)[C@H](C)Sc2nnc(CNc3ccc(I)cc3C)n2-c2ccccc2)c(C(=O)[O-])c1OC. The van der Waals surface area contributed by atoms with E-state index in [1.54, 1.807) is 6.92 Å². The highest BCUT2D eigenvalue weighted by molar-refractivity contribution is 14.1. The van der Waals surface area contributed by atoms with E-state index in [1.165, 1.54) is 44.3 Å². The Balaban J connectivity index is 1.50. The Bertz CT molecular complexity index is 1610. The quantitative estimate of drug-likeness (QED) is 0.0978. The van der Waals surface area contributed by atoms with Gasteiger partial charge in [-0.15, -0.1) is 10.2 Å². The fraction of sp³-hybridized carbons (Fsp3) is 0.207. The molecule has 0 aliphatic carbocycles. The maximum Gasteiger partial charge on any atom is 0.253 e. The largest absolute Gasteiger partial charge is 0.545 e. The van der Waals surface area contributed by atoms with E-state index in [2.05, 4.69) is 54.7 Å². The third-order valence-corrected chi connectivity index (χ3v) is 7.87. The highest BCUT2D eigenvalue weighted by Gasteiger charge is 2.21. The molecule has 13 heteroatoms. The number of para-hydroxylation sites is 1. The van der Waals surface area contributed by atoms with Crippen molar-refractivity contribution in [2.24, 2.45) is 5.10 Å². The van der Waals surface area contributed by atoms with Gasteiger partial charge in [-0.05, 0) is 84.5 Å². The van der Waals surface area contributed by atoms with Crippen LogP contribution in [0.4, 0.5) is 5.69 Å². The number of ether oxygens (including phenoxy) is 2. The van der Waals surface area contributed by atoms with Crippen LogP contribution in [0.25, 0.3) is 5.69 Å². The molecule has 0 aliphatic heterocycles. The van der Waals surface area contributed by atoms with Crippen LogP contribution in [0.5, 0.6) is 11.5 Å². The Morgan fingerprint density at radius 3 is 2.55 bits per heavy atom. The van der Waals surface area contributed by atoms with Gasteiger partial charge in [0.25, 0.3) is 5.91 Å². The number of hydrogen-bond donors (Lipinski definition) is 2. The van der Waals surface area contributed by atoms with Crippen LogP contribution in [0, 0.1) is 10.5 Å². The molecule has 0 unspecified atom stereocenters. The number of halogens is 1. The summed E-state index contributed by atoms with van der Waals surface area (Å²) >= 11 is 3.50. The lowest BCUT2D eigenvalue weighted by molar-refractivity contribution is -0.255. The Morgan fingerprint density at radius 2 is 1.88 bits per heavy atom. The maximum atomic E-state index is 12.9. The van der Waals surface area contributed by atoms with E-state index in [9.17, 15) is 14.7 Å². The second kappa shape index (κ2) is 14.2. The number of nitrogens with zero attached hydrogens (tertiary/aromatic N) is 4. The van der Waals surface area contributed by atoms with Crippen molar-refractivity contribution in [2.75, 3.05) is 19.5 Å². The van der Waals surface area contributed by atoms with Crippen molar-refractivity contribution < 1.29 is 24.2 Å². The van der Waals surface area contributed by atoms with Crippen LogP contribution in [0.2, 0.25) is 0 Å². The number of amides is 1. The fourth-order valence-corrected chi connectivity index (χ4v) is 5.58. The van der Waals surface area contributed by atoms with Crippen LogP contribution in [0.3, 0.4) is 0 Å². The molecule has 4 rings (SSSR count). The van der Waals surface area contributed by atoms with Gasteiger partial charge in [0.2, 0.25) is 0 Å². The zero-order valence-electron chi connectivity index (χ0n) is 23.3. The molecule has 1 amide bonds. The lowest BCUT2D eigenvalue weighted by Crippen LogP contribution is -2.28. The number of carboxylic acids is 1. The zero-order chi connectivity index (χ0) is 30.2. The number of carbonyl (C=O) groups is 2. The predicted molar refractivity (Wildman–Crippen MR) is 168 cm³/mol. The summed E-state index contributed by atoms with van der Waals surface area (Å²) in [4.78, 5) is 24.7. The van der Waals surface area contributed by atoms with Crippen LogP contribution in [-0.4, -0.2) is 52.3 Å². The second-order valence-electron chi connectivity index (χ2n) is 8.93. The number of rotatable bonds is 12. The average Bonchev–Trinajstić information content (AvgIpc) is 3.38.